The van der Waals surface area contributed by atoms with Crippen molar-refractivity contribution in [2.75, 3.05) is 26.2 Å². The summed E-state index contributed by atoms with van der Waals surface area (Å²) in [5.41, 5.74) is 0.920. The molecule has 1 rings (SSSR count). The van der Waals surface area contributed by atoms with E-state index >= 15 is 0 Å². The number of thiophene rings is 1. The molecule has 5 heteroatoms. The summed E-state index contributed by atoms with van der Waals surface area (Å²) in [7, 11) is 0. The second-order valence-electron chi connectivity index (χ2n) is 4.02. The number of carbonyl (C=O) groups is 1. The molecule has 0 spiro atoms. The van der Waals surface area contributed by atoms with E-state index in [9.17, 15) is 4.79 Å². The van der Waals surface area contributed by atoms with Gasteiger partial charge in [0.2, 0.25) is 5.91 Å². The Morgan fingerprint density at radius 2 is 2.32 bits per heavy atom. The third-order valence-electron chi connectivity index (χ3n) is 2.53. The lowest BCUT2D eigenvalue weighted by molar-refractivity contribution is -0.122. The number of rotatable bonds is 6. The maximum Gasteiger partial charge on any atom is 0.234 e. The number of nitrogens with zero attached hydrogens (tertiary/aromatic N) is 1. The predicted molar refractivity (Wildman–Crippen MR) is 77.9 cm³/mol. The highest BCUT2D eigenvalue weighted by Gasteiger charge is 2.10. The van der Waals surface area contributed by atoms with Gasteiger partial charge in [-0.15, -0.1) is 11.3 Å². The van der Waals surface area contributed by atoms with E-state index in [0.29, 0.717) is 13.1 Å². The van der Waals surface area contributed by atoms with Crippen LogP contribution in [0.25, 0.3) is 0 Å². The smallest absolute Gasteiger partial charge is 0.234 e. The van der Waals surface area contributed by atoms with E-state index in [-0.39, 0.29) is 12.5 Å². The molecule has 104 valence electrons. The van der Waals surface area contributed by atoms with Crippen LogP contribution >= 0.6 is 11.3 Å². The van der Waals surface area contributed by atoms with Gasteiger partial charge in [-0.1, -0.05) is 18.8 Å². The molecule has 1 aromatic heterocycles. The number of hydrogen-bond acceptors (Lipinski definition) is 4. The van der Waals surface area contributed by atoms with E-state index in [2.05, 4.69) is 22.1 Å². The molecule has 0 saturated heterocycles. The van der Waals surface area contributed by atoms with E-state index in [1.54, 1.807) is 11.3 Å². The summed E-state index contributed by atoms with van der Waals surface area (Å²) in [6.45, 7) is 6.49. The zero-order valence-electron chi connectivity index (χ0n) is 11.4. The van der Waals surface area contributed by atoms with E-state index in [0.717, 1.165) is 18.7 Å². The van der Waals surface area contributed by atoms with Gasteiger partial charge in [0, 0.05) is 28.9 Å². The lowest BCUT2D eigenvalue weighted by atomic mass is 10.3. The van der Waals surface area contributed by atoms with Gasteiger partial charge in [0.05, 0.1) is 6.54 Å². The van der Waals surface area contributed by atoms with Crippen molar-refractivity contribution in [2.24, 2.45) is 0 Å². The van der Waals surface area contributed by atoms with Gasteiger partial charge < -0.3 is 10.4 Å². The van der Waals surface area contributed by atoms with Gasteiger partial charge in [0.1, 0.15) is 6.61 Å². The first-order valence-electron chi connectivity index (χ1n) is 6.35. The van der Waals surface area contributed by atoms with Crippen molar-refractivity contribution in [2.45, 2.75) is 20.4 Å². The minimum Gasteiger partial charge on any atom is -0.384 e. The van der Waals surface area contributed by atoms with Gasteiger partial charge in [0.25, 0.3) is 0 Å². The second kappa shape index (κ2) is 8.70. The summed E-state index contributed by atoms with van der Waals surface area (Å²) >= 11 is 1.63. The maximum atomic E-state index is 11.5. The van der Waals surface area contributed by atoms with Crippen molar-refractivity contribution in [3.63, 3.8) is 0 Å². The fourth-order valence-electron chi connectivity index (χ4n) is 1.63. The van der Waals surface area contributed by atoms with Gasteiger partial charge in [-0.25, -0.2) is 0 Å². The van der Waals surface area contributed by atoms with Crippen molar-refractivity contribution in [1.29, 1.82) is 0 Å². The summed E-state index contributed by atoms with van der Waals surface area (Å²) in [6, 6.07) is 2.01. The zero-order chi connectivity index (χ0) is 14.1. The van der Waals surface area contributed by atoms with Crippen LogP contribution in [-0.2, 0) is 11.3 Å². The first-order valence-corrected chi connectivity index (χ1v) is 7.23. The van der Waals surface area contributed by atoms with Crippen LogP contribution in [0.1, 0.15) is 24.3 Å². The first-order chi connectivity index (χ1) is 9.19. The minimum atomic E-state index is -0.122. The van der Waals surface area contributed by atoms with Crippen LogP contribution in [-0.4, -0.2) is 42.2 Å². The van der Waals surface area contributed by atoms with Crippen LogP contribution in [0.5, 0.6) is 0 Å². The van der Waals surface area contributed by atoms with Crippen LogP contribution in [0, 0.1) is 11.8 Å². The highest BCUT2D eigenvalue weighted by Crippen LogP contribution is 2.16. The van der Waals surface area contributed by atoms with Crippen LogP contribution in [0.3, 0.4) is 0 Å². The lowest BCUT2D eigenvalue weighted by Crippen LogP contribution is -2.36. The topological polar surface area (TPSA) is 52.6 Å². The fraction of sp³-hybridized carbons (Fsp3) is 0.500. The Bertz CT molecular complexity index is 460. The molecule has 19 heavy (non-hydrogen) atoms. The monoisotopic (exact) mass is 280 g/mol. The number of amides is 1. The maximum absolute atomic E-state index is 11.5. The average molecular weight is 280 g/mol. The van der Waals surface area contributed by atoms with Gasteiger partial charge >= 0.3 is 0 Å². The minimum absolute atomic E-state index is 0.0567. The van der Waals surface area contributed by atoms with Crippen molar-refractivity contribution in [1.82, 2.24) is 10.2 Å². The van der Waals surface area contributed by atoms with Crippen molar-refractivity contribution < 1.29 is 9.90 Å². The standard InChI is InChI=1S/C14H20N2O2S/c1-3-15-14(18)10-16(4-2)9-13-8-12(11-19-13)6-5-7-17/h8,11,17H,3-4,7,9-10H2,1-2H3,(H,15,18). The SMILES string of the molecule is CCNC(=O)CN(CC)Cc1cc(C#CCO)cs1. The Morgan fingerprint density at radius 3 is 2.95 bits per heavy atom. The molecule has 0 aliphatic heterocycles. The highest BCUT2D eigenvalue weighted by atomic mass is 32.1. The molecule has 0 atom stereocenters. The molecule has 0 saturated carbocycles. The molecule has 4 nitrogen and oxygen atoms in total. The number of hydrogen-bond donors (Lipinski definition) is 2. The molecule has 0 unspecified atom stereocenters. The number of aliphatic hydroxyl groups excluding tert-OH is 1. The van der Waals surface area contributed by atoms with Gasteiger partial charge in [-0.2, -0.15) is 0 Å². The Hall–Kier alpha value is -1.35. The first kappa shape index (κ1) is 15.7. The molecule has 0 aromatic carbocycles. The summed E-state index contributed by atoms with van der Waals surface area (Å²) in [5, 5.41) is 13.4. The van der Waals surface area contributed by atoms with Crippen molar-refractivity contribution in [3.8, 4) is 11.8 Å². The fourth-order valence-corrected chi connectivity index (χ4v) is 2.48. The van der Waals surface area contributed by atoms with Crippen LogP contribution in [0.4, 0.5) is 0 Å². The van der Waals surface area contributed by atoms with Crippen LogP contribution < -0.4 is 5.32 Å². The van der Waals surface area contributed by atoms with Crippen molar-refractivity contribution in [3.05, 3.63) is 21.9 Å². The third kappa shape index (κ3) is 5.88. The van der Waals surface area contributed by atoms with Crippen LogP contribution in [0.2, 0.25) is 0 Å². The molecular weight excluding hydrogens is 260 g/mol. The second-order valence-corrected chi connectivity index (χ2v) is 5.01. The Balaban J connectivity index is 2.55. The van der Waals surface area contributed by atoms with Gasteiger partial charge in [-0.3, -0.25) is 9.69 Å². The summed E-state index contributed by atoms with van der Waals surface area (Å²) in [6.07, 6.45) is 0. The predicted octanol–water partition coefficient (Wildman–Crippen LogP) is 1.05. The van der Waals surface area contributed by atoms with E-state index in [1.165, 1.54) is 4.88 Å². The quantitative estimate of drug-likeness (QED) is 0.766. The Kier molecular flexibility index (Phi) is 7.19. The van der Waals surface area contributed by atoms with Crippen molar-refractivity contribution >= 4 is 17.2 Å². The molecule has 0 aliphatic rings. The summed E-state index contributed by atoms with van der Waals surface area (Å²) in [4.78, 5) is 14.8. The highest BCUT2D eigenvalue weighted by molar-refractivity contribution is 7.10. The largest absolute Gasteiger partial charge is 0.384 e. The average Bonchev–Trinajstić information content (AvgIpc) is 2.83. The number of nitrogens with one attached hydrogen (secondary N) is 1. The molecule has 0 fully saturated rings. The molecule has 2 N–H and O–H groups in total. The normalized spacial score (nSPS) is 10.1. The molecule has 1 aromatic rings. The Labute approximate surface area is 118 Å². The number of aliphatic hydroxyl groups is 1. The summed E-state index contributed by atoms with van der Waals surface area (Å²) in [5.74, 6) is 5.56. The summed E-state index contributed by atoms with van der Waals surface area (Å²) < 4.78 is 0. The Morgan fingerprint density at radius 1 is 1.53 bits per heavy atom. The third-order valence-corrected chi connectivity index (χ3v) is 3.45. The molecule has 1 heterocycles. The van der Waals surface area contributed by atoms with Gasteiger partial charge in [-0.05, 0) is 19.5 Å². The molecule has 0 radical (unpaired) electrons. The van der Waals surface area contributed by atoms with E-state index in [4.69, 9.17) is 5.11 Å². The molecule has 0 aliphatic carbocycles. The molecule has 0 bridgehead atoms. The van der Waals surface area contributed by atoms with Crippen LogP contribution in [0.15, 0.2) is 11.4 Å². The number of likely N-dealkylation sites (N-methyl/N-ethyl adjacent to an activating group) is 2. The van der Waals surface area contributed by atoms with E-state index < -0.39 is 0 Å². The zero-order valence-corrected chi connectivity index (χ0v) is 12.2. The lowest BCUT2D eigenvalue weighted by Gasteiger charge is -2.18. The number of carbonyl (C=O) groups excluding carboxylic acids is 1. The van der Waals surface area contributed by atoms with Gasteiger partial charge in [0.15, 0.2) is 0 Å². The molecule has 1 amide bonds. The molecular formula is C14H20N2O2S. The van der Waals surface area contributed by atoms with E-state index in [1.807, 2.05) is 25.3 Å².